The number of nitrogens with one attached hydrogen (secondary N) is 2. The molecule has 1 aliphatic rings. The lowest BCUT2D eigenvalue weighted by Crippen LogP contribution is -2.40. The van der Waals surface area contributed by atoms with E-state index in [0.717, 1.165) is 12.1 Å². The Kier molecular flexibility index (Phi) is 8.46. The summed E-state index contributed by atoms with van der Waals surface area (Å²) in [6.45, 7) is 0.528. The van der Waals surface area contributed by atoms with Crippen LogP contribution in [0.15, 0.2) is 59.5 Å². The predicted molar refractivity (Wildman–Crippen MR) is 120 cm³/mol. The van der Waals surface area contributed by atoms with Crippen molar-refractivity contribution in [2.45, 2.75) is 4.90 Å². The number of carbonyl (C=O) groups excluding carboxylic acids is 3. The largest absolute Gasteiger partial charge is 0.452 e. The van der Waals surface area contributed by atoms with Crippen molar-refractivity contribution < 1.29 is 36.7 Å². The van der Waals surface area contributed by atoms with Crippen molar-refractivity contribution in [3.8, 4) is 0 Å². The van der Waals surface area contributed by atoms with Gasteiger partial charge in [-0.15, -0.1) is 0 Å². The molecule has 0 aliphatic carbocycles. The fourth-order valence-corrected chi connectivity index (χ4v) is 4.32. The molecular weight excluding hydrogens is 469 g/mol. The van der Waals surface area contributed by atoms with Crippen LogP contribution in [0.25, 0.3) is 6.08 Å². The van der Waals surface area contributed by atoms with Gasteiger partial charge in [-0.05, 0) is 35.9 Å². The molecule has 12 heteroatoms. The van der Waals surface area contributed by atoms with Crippen molar-refractivity contribution >= 4 is 39.7 Å². The lowest BCUT2D eigenvalue weighted by atomic mass is 10.2. The van der Waals surface area contributed by atoms with Gasteiger partial charge in [0.1, 0.15) is 5.82 Å². The molecule has 2 N–H and O–H groups in total. The Morgan fingerprint density at radius 1 is 1.06 bits per heavy atom. The van der Waals surface area contributed by atoms with Crippen LogP contribution in [0, 0.1) is 5.82 Å². The second-order valence-electron chi connectivity index (χ2n) is 7.01. The standard InChI is InChI=1S/C22H22FN3O7S/c23-18-3-1-2-4-19(18)24-22(29)25-20(27)15-33-21(28)10-7-16-5-8-17(9-6-16)34(30,31)26-11-13-32-14-12-26/h1-10H,11-15H2,(H2,24,25,27,29). The van der Waals surface area contributed by atoms with Crippen LogP contribution in [0.2, 0.25) is 0 Å². The third kappa shape index (κ3) is 6.94. The number of urea groups is 1. The van der Waals surface area contributed by atoms with Gasteiger partial charge in [-0.3, -0.25) is 10.1 Å². The second-order valence-corrected chi connectivity index (χ2v) is 8.95. The van der Waals surface area contributed by atoms with Crippen LogP contribution < -0.4 is 10.6 Å². The molecule has 34 heavy (non-hydrogen) atoms. The first-order valence-electron chi connectivity index (χ1n) is 10.1. The van der Waals surface area contributed by atoms with E-state index in [1.807, 2.05) is 5.32 Å². The number of hydrogen-bond acceptors (Lipinski definition) is 7. The summed E-state index contributed by atoms with van der Waals surface area (Å²) in [7, 11) is -3.62. The average Bonchev–Trinajstić information content (AvgIpc) is 2.83. The Bertz CT molecular complexity index is 1180. The summed E-state index contributed by atoms with van der Waals surface area (Å²) in [6, 6.07) is 10.3. The number of amides is 3. The molecule has 0 unspecified atom stereocenters. The molecule has 1 aliphatic heterocycles. The predicted octanol–water partition coefficient (Wildman–Crippen LogP) is 1.75. The number of imide groups is 1. The average molecular weight is 491 g/mol. The van der Waals surface area contributed by atoms with E-state index in [-0.39, 0.29) is 23.7 Å². The highest BCUT2D eigenvalue weighted by atomic mass is 32.2. The fraction of sp³-hybridized carbons (Fsp3) is 0.227. The Hall–Kier alpha value is -3.61. The highest BCUT2D eigenvalue weighted by Crippen LogP contribution is 2.18. The summed E-state index contributed by atoms with van der Waals surface area (Å²) in [5.74, 6) is -2.43. The smallest absolute Gasteiger partial charge is 0.331 e. The first-order valence-corrected chi connectivity index (χ1v) is 11.6. The molecule has 10 nitrogen and oxygen atoms in total. The van der Waals surface area contributed by atoms with E-state index in [0.29, 0.717) is 18.8 Å². The van der Waals surface area contributed by atoms with Crippen LogP contribution in [0.1, 0.15) is 5.56 Å². The lowest BCUT2D eigenvalue weighted by Gasteiger charge is -2.26. The van der Waals surface area contributed by atoms with E-state index in [9.17, 15) is 27.2 Å². The van der Waals surface area contributed by atoms with Crippen LogP contribution in [0.4, 0.5) is 14.9 Å². The highest BCUT2D eigenvalue weighted by molar-refractivity contribution is 7.89. The van der Waals surface area contributed by atoms with Crippen molar-refractivity contribution in [1.29, 1.82) is 0 Å². The van der Waals surface area contributed by atoms with Crippen molar-refractivity contribution in [3.05, 3.63) is 66.0 Å². The zero-order valence-electron chi connectivity index (χ0n) is 17.9. The zero-order chi connectivity index (χ0) is 24.6. The minimum atomic E-state index is -3.62. The quantitative estimate of drug-likeness (QED) is 0.446. The summed E-state index contributed by atoms with van der Waals surface area (Å²) in [5.41, 5.74) is 0.420. The number of nitrogens with zero attached hydrogens (tertiary/aromatic N) is 1. The third-order valence-corrected chi connectivity index (χ3v) is 6.53. The van der Waals surface area contributed by atoms with Gasteiger partial charge in [0.2, 0.25) is 10.0 Å². The molecule has 0 aromatic heterocycles. The van der Waals surface area contributed by atoms with Crippen molar-refractivity contribution in [2.75, 3.05) is 38.2 Å². The minimum Gasteiger partial charge on any atom is -0.452 e. The van der Waals surface area contributed by atoms with Crippen LogP contribution in [0.3, 0.4) is 0 Å². The second kappa shape index (κ2) is 11.5. The summed E-state index contributed by atoms with van der Waals surface area (Å²) in [4.78, 5) is 35.4. The zero-order valence-corrected chi connectivity index (χ0v) is 18.7. The molecule has 0 bridgehead atoms. The topological polar surface area (TPSA) is 131 Å². The number of rotatable bonds is 7. The lowest BCUT2D eigenvalue weighted by molar-refractivity contribution is -0.143. The number of halogens is 1. The molecule has 3 rings (SSSR count). The number of benzene rings is 2. The SMILES string of the molecule is O=C(COC(=O)C=Cc1ccc(S(=O)(=O)N2CCOCC2)cc1)NC(=O)Nc1ccccc1F. The Balaban J connectivity index is 1.45. The number of para-hydroxylation sites is 1. The molecule has 1 fully saturated rings. The summed E-state index contributed by atoms with van der Waals surface area (Å²) >= 11 is 0. The van der Waals surface area contributed by atoms with Gasteiger partial charge in [0.05, 0.1) is 23.8 Å². The molecule has 1 saturated heterocycles. The maximum absolute atomic E-state index is 13.5. The maximum atomic E-state index is 13.5. The minimum absolute atomic E-state index is 0.114. The van der Waals surface area contributed by atoms with Gasteiger partial charge < -0.3 is 14.8 Å². The van der Waals surface area contributed by atoms with Crippen LogP contribution >= 0.6 is 0 Å². The number of hydrogen-bond donors (Lipinski definition) is 2. The molecule has 1 heterocycles. The maximum Gasteiger partial charge on any atom is 0.331 e. The van der Waals surface area contributed by atoms with E-state index < -0.39 is 40.4 Å². The molecule has 2 aromatic carbocycles. The van der Waals surface area contributed by atoms with Gasteiger partial charge in [0.15, 0.2) is 6.61 Å². The number of carbonyl (C=O) groups is 3. The van der Waals surface area contributed by atoms with Gasteiger partial charge in [0, 0.05) is 19.2 Å². The number of esters is 1. The van der Waals surface area contributed by atoms with Crippen molar-refractivity contribution in [1.82, 2.24) is 9.62 Å². The Morgan fingerprint density at radius 3 is 2.41 bits per heavy atom. The van der Waals surface area contributed by atoms with Crippen LogP contribution in [0.5, 0.6) is 0 Å². The summed E-state index contributed by atoms with van der Waals surface area (Å²) in [5, 5.41) is 4.07. The normalized spacial score (nSPS) is 14.5. The van der Waals surface area contributed by atoms with E-state index in [2.05, 4.69) is 5.32 Å². The number of morpholine rings is 1. The highest BCUT2D eigenvalue weighted by Gasteiger charge is 2.26. The van der Waals surface area contributed by atoms with E-state index in [1.165, 1.54) is 52.8 Å². The molecule has 0 saturated carbocycles. The van der Waals surface area contributed by atoms with Crippen LogP contribution in [-0.2, 0) is 29.1 Å². The number of anilines is 1. The van der Waals surface area contributed by atoms with Crippen LogP contribution in [-0.4, -0.2) is 63.5 Å². The molecule has 3 amide bonds. The molecule has 180 valence electrons. The van der Waals surface area contributed by atoms with Crippen molar-refractivity contribution in [2.24, 2.45) is 0 Å². The number of sulfonamides is 1. The van der Waals surface area contributed by atoms with E-state index in [1.54, 1.807) is 0 Å². The Morgan fingerprint density at radius 2 is 1.74 bits per heavy atom. The van der Waals surface area contributed by atoms with E-state index >= 15 is 0 Å². The van der Waals surface area contributed by atoms with Gasteiger partial charge in [0.25, 0.3) is 5.91 Å². The summed E-state index contributed by atoms with van der Waals surface area (Å²) in [6.07, 6.45) is 2.44. The Labute approximate surface area is 195 Å². The van der Waals surface area contributed by atoms with Gasteiger partial charge in [-0.1, -0.05) is 24.3 Å². The van der Waals surface area contributed by atoms with E-state index in [4.69, 9.17) is 9.47 Å². The molecule has 0 spiro atoms. The molecule has 2 aromatic rings. The monoisotopic (exact) mass is 491 g/mol. The summed E-state index contributed by atoms with van der Waals surface area (Å²) < 4.78 is 50.0. The van der Waals surface area contributed by atoms with Gasteiger partial charge in [-0.25, -0.2) is 22.4 Å². The molecule has 0 atom stereocenters. The first-order chi connectivity index (χ1) is 16.3. The third-order valence-electron chi connectivity index (χ3n) is 4.62. The fourth-order valence-electron chi connectivity index (χ4n) is 2.91. The first kappa shape index (κ1) is 25.0. The van der Waals surface area contributed by atoms with Gasteiger partial charge in [-0.2, -0.15) is 4.31 Å². The van der Waals surface area contributed by atoms with Crippen molar-refractivity contribution in [3.63, 3.8) is 0 Å². The number of ether oxygens (including phenoxy) is 2. The van der Waals surface area contributed by atoms with Gasteiger partial charge >= 0.3 is 12.0 Å². The molecule has 0 radical (unpaired) electrons. The molecular formula is C22H22FN3O7S.